The Kier molecular flexibility index (Phi) is 7.67. The van der Waals surface area contributed by atoms with E-state index < -0.39 is 0 Å². The van der Waals surface area contributed by atoms with Crippen LogP contribution in [0.15, 0.2) is 54.6 Å². The molecule has 2 aromatic carbocycles. The van der Waals surface area contributed by atoms with Crippen LogP contribution >= 0.6 is 0 Å². The Morgan fingerprint density at radius 3 is 2.26 bits per heavy atom. The van der Waals surface area contributed by atoms with E-state index in [-0.39, 0.29) is 18.5 Å². The molecule has 0 radical (unpaired) electrons. The van der Waals surface area contributed by atoms with Gasteiger partial charge in [-0.15, -0.1) is 0 Å². The third kappa shape index (κ3) is 6.66. The number of carbonyl (C=O) groups excluding carboxylic acids is 2. The molecule has 0 aromatic heterocycles. The second kappa shape index (κ2) is 10.2. The zero-order valence-electron chi connectivity index (χ0n) is 16.1. The summed E-state index contributed by atoms with van der Waals surface area (Å²) in [4.78, 5) is 27.4. The third-order valence-electron chi connectivity index (χ3n) is 3.96. The van der Waals surface area contributed by atoms with Crippen LogP contribution < -0.4 is 10.1 Å². The zero-order valence-corrected chi connectivity index (χ0v) is 16.1. The number of carbonyl (C=O) groups is 2. The molecule has 0 heterocycles. The quantitative estimate of drug-likeness (QED) is 0.773. The molecular formula is C21H27N3O3. The number of hydrogen-bond acceptors (Lipinski definition) is 3. The molecule has 0 unspecified atom stereocenters. The average molecular weight is 369 g/mol. The van der Waals surface area contributed by atoms with E-state index in [1.165, 1.54) is 4.90 Å². The van der Waals surface area contributed by atoms with E-state index in [9.17, 15) is 9.59 Å². The highest BCUT2D eigenvalue weighted by atomic mass is 16.5. The summed E-state index contributed by atoms with van der Waals surface area (Å²) < 4.78 is 5.44. The number of benzene rings is 2. The third-order valence-corrected chi connectivity index (χ3v) is 3.96. The maximum absolute atomic E-state index is 12.6. The number of anilines is 1. The van der Waals surface area contributed by atoms with Gasteiger partial charge in [0, 0.05) is 32.9 Å². The van der Waals surface area contributed by atoms with Crippen molar-refractivity contribution in [3.63, 3.8) is 0 Å². The van der Waals surface area contributed by atoms with Crippen molar-refractivity contribution in [3.05, 3.63) is 60.2 Å². The van der Waals surface area contributed by atoms with Crippen LogP contribution in [0.4, 0.5) is 10.5 Å². The first-order chi connectivity index (χ1) is 13.0. The number of urea groups is 1. The fraction of sp³-hybridized carbons (Fsp3) is 0.333. The number of hydrogen-bond donors (Lipinski definition) is 1. The maximum Gasteiger partial charge on any atom is 0.322 e. The lowest BCUT2D eigenvalue weighted by molar-refractivity contribution is -0.130. The zero-order chi connectivity index (χ0) is 19.6. The van der Waals surface area contributed by atoms with Gasteiger partial charge in [-0.1, -0.05) is 37.3 Å². The van der Waals surface area contributed by atoms with Crippen LogP contribution in [-0.4, -0.2) is 49.0 Å². The smallest absolute Gasteiger partial charge is 0.322 e. The number of ether oxygens (including phenoxy) is 1. The van der Waals surface area contributed by atoms with E-state index in [4.69, 9.17) is 4.74 Å². The van der Waals surface area contributed by atoms with Crippen molar-refractivity contribution in [1.29, 1.82) is 0 Å². The van der Waals surface area contributed by atoms with E-state index in [1.54, 1.807) is 43.3 Å². The summed E-state index contributed by atoms with van der Waals surface area (Å²) in [6.07, 6.45) is 0.882. The molecule has 144 valence electrons. The Hall–Kier alpha value is -3.02. The summed E-state index contributed by atoms with van der Waals surface area (Å²) in [6.45, 7) is 3.27. The summed E-state index contributed by atoms with van der Waals surface area (Å²) in [5, 5.41) is 2.91. The van der Waals surface area contributed by atoms with Gasteiger partial charge in [-0.25, -0.2) is 4.79 Å². The molecule has 0 aliphatic rings. The van der Waals surface area contributed by atoms with E-state index in [0.717, 1.165) is 12.0 Å². The lowest BCUT2D eigenvalue weighted by Gasteiger charge is -2.23. The van der Waals surface area contributed by atoms with Gasteiger partial charge in [0.2, 0.25) is 0 Å². The molecular weight excluding hydrogens is 342 g/mol. The fourth-order valence-corrected chi connectivity index (χ4v) is 2.44. The van der Waals surface area contributed by atoms with Crippen molar-refractivity contribution in [3.8, 4) is 5.75 Å². The van der Waals surface area contributed by atoms with Crippen LogP contribution in [-0.2, 0) is 11.3 Å². The predicted molar refractivity (Wildman–Crippen MR) is 107 cm³/mol. The highest BCUT2D eigenvalue weighted by Gasteiger charge is 2.13. The van der Waals surface area contributed by atoms with Crippen LogP contribution in [0, 0.1) is 0 Å². The van der Waals surface area contributed by atoms with Gasteiger partial charge >= 0.3 is 6.03 Å². The summed E-state index contributed by atoms with van der Waals surface area (Å²) in [5.41, 5.74) is 1.77. The van der Waals surface area contributed by atoms with Crippen LogP contribution in [0.2, 0.25) is 0 Å². The molecule has 0 atom stereocenters. The Labute approximate surface area is 160 Å². The molecule has 0 saturated carbocycles. The van der Waals surface area contributed by atoms with Gasteiger partial charge < -0.3 is 19.9 Å². The molecule has 0 fully saturated rings. The van der Waals surface area contributed by atoms with Crippen LogP contribution in [0.3, 0.4) is 0 Å². The van der Waals surface area contributed by atoms with Crippen molar-refractivity contribution in [1.82, 2.24) is 9.80 Å². The van der Waals surface area contributed by atoms with Crippen LogP contribution in [0.25, 0.3) is 0 Å². The summed E-state index contributed by atoms with van der Waals surface area (Å²) in [7, 11) is 3.36. The SMILES string of the molecule is CCCN(Cc1ccccc1)C(=O)Nc1ccc(OCC(=O)N(C)C)cc1. The van der Waals surface area contributed by atoms with Crippen molar-refractivity contribution in [2.45, 2.75) is 19.9 Å². The van der Waals surface area contributed by atoms with E-state index in [0.29, 0.717) is 24.5 Å². The van der Waals surface area contributed by atoms with Gasteiger partial charge in [-0.2, -0.15) is 0 Å². The molecule has 6 nitrogen and oxygen atoms in total. The Balaban J connectivity index is 1.93. The Morgan fingerprint density at radius 1 is 1.00 bits per heavy atom. The number of nitrogens with zero attached hydrogens (tertiary/aromatic N) is 2. The van der Waals surface area contributed by atoms with Gasteiger partial charge in [0.05, 0.1) is 0 Å². The Bertz CT molecular complexity index is 730. The van der Waals surface area contributed by atoms with Gasteiger partial charge in [0.25, 0.3) is 5.91 Å². The standard InChI is InChI=1S/C21H27N3O3/c1-4-14-24(15-17-8-6-5-7-9-17)21(26)22-18-10-12-19(13-11-18)27-16-20(25)23(2)3/h5-13H,4,14-16H2,1-3H3,(H,22,26). The minimum atomic E-state index is -0.142. The van der Waals surface area contributed by atoms with Crippen molar-refractivity contribution < 1.29 is 14.3 Å². The number of rotatable bonds is 8. The average Bonchev–Trinajstić information content (AvgIpc) is 2.67. The number of amides is 3. The highest BCUT2D eigenvalue weighted by molar-refractivity contribution is 5.89. The molecule has 0 aliphatic carbocycles. The molecule has 1 N–H and O–H groups in total. The topological polar surface area (TPSA) is 61.9 Å². The lowest BCUT2D eigenvalue weighted by atomic mass is 10.2. The number of nitrogens with one attached hydrogen (secondary N) is 1. The molecule has 2 aromatic rings. The van der Waals surface area contributed by atoms with Crippen LogP contribution in [0.1, 0.15) is 18.9 Å². The maximum atomic E-state index is 12.6. The largest absolute Gasteiger partial charge is 0.484 e. The van der Waals surface area contributed by atoms with E-state index >= 15 is 0 Å². The van der Waals surface area contributed by atoms with E-state index in [2.05, 4.69) is 5.32 Å². The molecule has 0 bridgehead atoms. The molecule has 0 aliphatic heterocycles. The summed E-state index contributed by atoms with van der Waals surface area (Å²) in [6, 6.07) is 16.8. The van der Waals surface area contributed by atoms with E-state index in [1.807, 2.05) is 37.3 Å². The monoisotopic (exact) mass is 369 g/mol. The first kappa shape index (κ1) is 20.3. The molecule has 0 spiro atoms. The van der Waals surface area contributed by atoms with Crippen LogP contribution in [0.5, 0.6) is 5.75 Å². The van der Waals surface area contributed by atoms with Crippen molar-refractivity contribution in [2.75, 3.05) is 32.6 Å². The fourth-order valence-electron chi connectivity index (χ4n) is 2.44. The van der Waals surface area contributed by atoms with Gasteiger partial charge in [-0.05, 0) is 36.2 Å². The molecule has 6 heteroatoms. The molecule has 0 saturated heterocycles. The van der Waals surface area contributed by atoms with Gasteiger partial charge in [0.15, 0.2) is 6.61 Å². The Morgan fingerprint density at radius 2 is 1.67 bits per heavy atom. The summed E-state index contributed by atoms with van der Waals surface area (Å²) in [5.74, 6) is 0.474. The second-order valence-electron chi connectivity index (χ2n) is 6.44. The lowest BCUT2D eigenvalue weighted by Crippen LogP contribution is -2.35. The second-order valence-corrected chi connectivity index (χ2v) is 6.44. The number of likely N-dealkylation sites (N-methyl/N-ethyl adjacent to an activating group) is 1. The first-order valence-electron chi connectivity index (χ1n) is 9.02. The van der Waals surface area contributed by atoms with Crippen molar-refractivity contribution >= 4 is 17.6 Å². The minimum Gasteiger partial charge on any atom is -0.484 e. The molecule has 27 heavy (non-hydrogen) atoms. The van der Waals surface area contributed by atoms with Crippen molar-refractivity contribution in [2.24, 2.45) is 0 Å². The highest BCUT2D eigenvalue weighted by Crippen LogP contribution is 2.17. The normalized spacial score (nSPS) is 10.2. The summed E-state index contributed by atoms with van der Waals surface area (Å²) >= 11 is 0. The molecule has 2 rings (SSSR count). The first-order valence-corrected chi connectivity index (χ1v) is 9.02. The minimum absolute atomic E-state index is 0.0138. The predicted octanol–water partition coefficient (Wildman–Crippen LogP) is 3.60. The molecule has 3 amide bonds. The van der Waals surface area contributed by atoms with Gasteiger partial charge in [-0.3, -0.25) is 4.79 Å². The van der Waals surface area contributed by atoms with Gasteiger partial charge in [0.1, 0.15) is 5.75 Å².